The third-order valence-corrected chi connectivity index (χ3v) is 11.3. The van der Waals surface area contributed by atoms with Crippen LogP contribution in [0.1, 0.15) is 65.0 Å². The monoisotopic (exact) mass is 759 g/mol. The number of allylic oxidation sites excluding steroid dienone is 3. The molecule has 2 saturated heterocycles. The van der Waals surface area contributed by atoms with Gasteiger partial charge in [0, 0.05) is 25.3 Å². The van der Waals surface area contributed by atoms with Crippen LogP contribution in [0.5, 0.6) is 0 Å². The first-order valence-corrected chi connectivity index (χ1v) is 18.0. The van der Waals surface area contributed by atoms with Crippen molar-refractivity contribution in [3.05, 3.63) is 52.1 Å². The summed E-state index contributed by atoms with van der Waals surface area (Å²) in [6, 6.07) is 0.425. The summed E-state index contributed by atoms with van der Waals surface area (Å²) in [4.78, 5) is 42.6. The standard InChI is InChI=1S/C36H49ClF3N3O7S/c1-19-10-9-11-21(3)35(47)18-26(48-33(46)41-35)22(4)31-34(6,50-31)28(49-32(45)23(5)42(7)27(12-13-51)36(38,39)40)17-29(44)43(8)25-16-24(14-19)15-20(2)30(25)37/h9-11,15-16,21-23,26-28,31,47,51H,12-14,17-18H2,1-8H3,(H,41,46)/b11-9+,19-10+/t21-,22-,23+,26+,27?,28+,31+,34+,35+/m1/s1. The van der Waals surface area contributed by atoms with Gasteiger partial charge in [-0.05, 0) is 70.5 Å². The number of thiol groups is 1. The molecule has 4 rings (SSSR count). The van der Waals surface area contributed by atoms with Crippen LogP contribution in [0.25, 0.3) is 0 Å². The van der Waals surface area contributed by atoms with Gasteiger partial charge in [-0.25, -0.2) is 4.79 Å². The summed E-state index contributed by atoms with van der Waals surface area (Å²) >= 11 is 10.7. The molecule has 2 amide bonds. The molecule has 0 aromatic heterocycles. The van der Waals surface area contributed by atoms with Gasteiger partial charge in [0.1, 0.15) is 35.6 Å². The number of carbonyl (C=O) groups is 3. The highest BCUT2D eigenvalue weighted by molar-refractivity contribution is 7.80. The second kappa shape index (κ2) is 15.7. The van der Waals surface area contributed by atoms with Crippen molar-refractivity contribution in [1.82, 2.24) is 10.2 Å². The minimum atomic E-state index is -4.63. The van der Waals surface area contributed by atoms with E-state index in [2.05, 4.69) is 17.9 Å². The summed E-state index contributed by atoms with van der Waals surface area (Å²) in [5.41, 5.74) is 0.0737. The van der Waals surface area contributed by atoms with Crippen molar-refractivity contribution in [2.24, 2.45) is 11.8 Å². The van der Waals surface area contributed by atoms with Crippen molar-refractivity contribution in [2.75, 3.05) is 24.7 Å². The smallest absolute Gasteiger partial charge is 0.409 e. The van der Waals surface area contributed by atoms with E-state index in [1.807, 2.05) is 32.1 Å². The lowest BCUT2D eigenvalue weighted by molar-refractivity contribution is -0.191. The quantitative estimate of drug-likeness (QED) is 0.179. The number of fused-ring (bicyclic) bond motifs is 5. The van der Waals surface area contributed by atoms with Crippen LogP contribution >= 0.6 is 24.2 Å². The molecule has 0 spiro atoms. The maximum absolute atomic E-state index is 14.0. The number of hydrogen-bond acceptors (Lipinski definition) is 9. The van der Waals surface area contributed by atoms with Crippen molar-refractivity contribution in [3.8, 4) is 0 Å². The Morgan fingerprint density at radius 1 is 1.27 bits per heavy atom. The van der Waals surface area contributed by atoms with Crippen LogP contribution in [0.3, 0.4) is 0 Å². The van der Waals surface area contributed by atoms with Crippen LogP contribution in [-0.4, -0.2) is 95.7 Å². The Labute approximate surface area is 308 Å². The van der Waals surface area contributed by atoms with E-state index in [0.29, 0.717) is 17.1 Å². The summed E-state index contributed by atoms with van der Waals surface area (Å²) in [6.45, 7) is 10.3. The van der Waals surface area contributed by atoms with Crippen LogP contribution in [-0.2, 0) is 30.2 Å². The highest BCUT2D eigenvalue weighted by atomic mass is 35.5. The van der Waals surface area contributed by atoms with Gasteiger partial charge in [-0.3, -0.25) is 19.8 Å². The second-order valence-electron chi connectivity index (χ2n) is 14.4. The number of nitrogens with one attached hydrogen (secondary N) is 1. The van der Waals surface area contributed by atoms with Gasteiger partial charge in [0.15, 0.2) is 0 Å². The average Bonchev–Trinajstić information content (AvgIpc) is 3.74. The number of hydrogen-bond donors (Lipinski definition) is 3. The molecular formula is C36H49ClF3N3O7S. The minimum Gasteiger partial charge on any atom is -0.457 e. The number of halogens is 4. The van der Waals surface area contributed by atoms with Gasteiger partial charge in [0.25, 0.3) is 0 Å². The molecule has 0 saturated carbocycles. The zero-order valence-electron chi connectivity index (χ0n) is 30.2. The highest BCUT2D eigenvalue weighted by Gasteiger charge is 2.64. The van der Waals surface area contributed by atoms with Crippen molar-refractivity contribution in [1.29, 1.82) is 0 Å². The van der Waals surface area contributed by atoms with Crippen LogP contribution in [0, 0.1) is 18.8 Å². The molecule has 3 aliphatic heterocycles. The van der Waals surface area contributed by atoms with Gasteiger partial charge in [-0.1, -0.05) is 55.3 Å². The third kappa shape index (κ3) is 9.06. The van der Waals surface area contributed by atoms with Crippen LogP contribution < -0.4 is 10.2 Å². The molecule has 3 heterocycles. The van der Waals surface area contributed by atoms with Gasteiger partial charge >= 0.3 is 18.2 Å². The van der Waals surface area contributed by atoms with Crippen molar-refractivity contribution >= 4 is 47.9 Å². The van der Waals surface area contributed by atoms with E-state index in [1.165, 1.54) is 18.9 Å². The predicted molar refractivity (Wildman–Crippen MR) is 191 cm³/mol. The van der Waals surface area contributed by atoms with Crippen molar-refractivity contribution in [3.63, 3.8) is 0 Å². The molecule has 2 N–H and O–H groups in total. The number of alkyl carbamates (subject to hydrolysis) is 1. The molecular weight excluding hydrogens is 711 g/mol. The Kier molecular flexibility index (Phi) is 12.6. The number of aliphatic hydroxyl groups is 1. The van der Waals surface area contributed by atoms with E-state index in [4.69, 9.17) is 25.8 Å². The number of benzene rings is 1. The highest BCUT2D eigenvalue weighted by Crippen LogP contribution is 2.49. The van der Waals surface area contributed by atoms with Crippen LogP contribution in [0.2, 0.25) is 5.02 Å². The zero-order valence-corrected chi connectivity index (χ0v) is 31.9. The average molecular weight is 760 g/mol. The molecule has 51 heavy (non-hydrogen) atoms. The predicted octanol–water partition coefficient (Wildman–Crippen LogP) is 6.16. The Morgan fingerprint density at radius 2 is 1.94 bits per heavy atom. The fourth-order valence-electron chi connectivity index (χ4n) is 6.94. The lowest BCUT2D eigenvalue weighted by atomic mass is 9.82. The van der Waals surface area contributed by atoms with Crippen molar-refractivity contribution < 1.29 is 46.9 Å². The maximum atomic E-state index is 14.0. The topological polar surface area (TPSA) is 121 Å². The second-order valence-corrected chi connectivity index (χ2v) is 15.2. The minimum absolute atomic E-state index is 0.00554. The van der Waals surface area contributed by atoms with E-state index in [0.717, 1.165) is 21.6 Å². The molecule has 0 radical (unpaired) electrons. The zero-order chi connectivity index (χ0) is 38.2. The molecule has 9 atom stereocenters. The molecule has 10 nitrogen and oxygen atoms in total. The summed E-state index contributed by atoms with van der Waals surface area (Å²) in [5, 5.41) is 14.5. The Bertz CT molecular complexity index is 1560. The number of amides is 2. The Morgan fingerprint density at radius 3 is 2.57 bits per heavy atom. The molecule has 1 aromatic carbocycles. The van der Waals surface area contributed by atoms with Crippen LogP contribution in [0.4, 0.5) is 23.7 Å². The first-order chi connectivity index (χ1) is 23.6. The first kappa shape index (κ1) is 41.0. The number of esters is 1. The molecule has 2 fully saturated rings. The molecule has 1 unspecified atom stereocenters. The SMILES string of the molecule is C/C1=C\C=C\[C@@H](C)[C@@]2(O)C[C@H](OC(=O)N2)[C@@H](C)[C@@H]2O[C@@]2(C)[C@@H](OC(=O)[C@H](C)N(C)C(CCS)C(F)(F)F)CC(=O)N(C)c2cc(cc(C)c2Cl)C1. The normalized spacial score (nSPS) is 33.3. The molecule has 15 heteroatoms. The number of ether oxygens (including phenoxy) is 3. The van der Waals surface area contributed by atoms with E-state index >= 15 is 0 Å². The number of epoxide rings is 1. The molecule has 4 bridgehead atoms. The number of nitrogens with zero attached hydrogens (tertiary/aromatic N) is 2. The van der Waals surface area contributed by atoms with Gasteiger partial charge in [0.05, 0.1) is 23.2 Å². The summed E-state index contributed by atoms with van der Waals surface area (Å²) in [5.74, 6) is -2.60. The first-order valence-electron chi connectivity index (χ1n) is 17.0. The lowest BCUT2D eigenvalue weighted by Gasteiger charge is -2.41. The fourth-order valence-corrected chi connectivity index (χ4v) is 7.42. The number of aryl methyl sites for hydroxylation is 1. The van der Waals surface area contributed by atoms with E-state index < -0.39 is 84.1 Å². The largest absolute Gasteiger partial charge is 0.457 e. The fraction of sp³-hybridized carbons (Fsp3) is 0.639. The number of carbonyl (C=O) groups excluding carboxylic acids is 3. The Hall–Kier alpha value is -2.78. The number of rotatable bonds is 6. The summed E-state index contributed by atoms with van der Waals surface area (Å²) < 4.78 is 59.5. The van der Waals surface area contributed by atoms with Crippen LogP contribution in [0.15, 0.2) is 35.9 Å². The van der Waals surface area contributed by atoms with Crippen molar-refractivity contribution in [2.45, 2.75) is 115 Å². The maximum Gasteiger partial charge on any atom is 0.409 e. The lowest BCUT2D eigenvalue weighted by Crippen LogP contribution is -2.60. The summed E-state index contributed by atoms with van der Waals surface area (Å²) in [7, 11) is 2.74. The number of alkyl halides is 3. The molecule has 3 aliphatic rings. The van der Waals surface area contributed by atoms with E-state index in [-0.39, 0.29) is 18.6 Å². The molecule has 1 aromatic rings. The van der Waals surface area contributed by atoms with Gasteiger partial charge in [0.2, 0.25) is 5.91 Å². The Balaban J connectivity index is 1.75. The van der Waals surface area contributed by atoms with E-state index in [9.17, 15) is 32.7 Å². The van der Waals surface area contributed by atoms with Gasteiger partial charge in [-0.15, -0.1) is 0 Å². The number of anilines is 1. The third-order valence-electron chi connectivity index (χ3n) is 10.6. The van der Waals surface area contributed by atoms with Gasteiger partial charge < -0.3 is 24.2 Å². The number of likely N-dealkylation sites (N-methyl/N-ethyl adjacent to an activating group) is 1. The van der Waals surface area contributed by atoms with Gasteiger partial charge in [-0.2, -0.15) is 25.8 Å². The summed E-state index contributed by atoms with van der Waals surface area (Å²) in [6.07, 6.45) is -2.95. The van der Waals surface area contributed by atoms with E-state index in [1.54, 1.807) is 40.0 Å². The molecule has 0 aliphatic carbocycles. The molecule has 284 valence electrons.